The molecule has 0 spiro atoms. The largest absolute Gasteiger partial charge is 0.494 e. The Morgan fingerprint density at radius 1 is 0.714 bits per heavy atom. The van der Waals surface area contributed by atoms with Crippen LogP contribution < -0.4 is 9.47 Å². The Morgan fingerprint density at radius 3 is 1.94 bits per heavy atom. The van der Waals surface area contributed by atoms with Crippen LogP contribution in [-0.2, 0) is 6.42 Å². The van der Waals surface area contributed by atoms with Gasteiger partial charge in [0.05, 0.1) is 12.2 Å². The summed E-state index contributed by atoms with van der Waals surface area (Å²) < 4.78 is 11.4. The van der Waals surface area contributed by atoms with Gasteiger partial charge in [0.15, 0.2) is 0 Å². The van der Waals surface area contributed by atoms with Crippen LogP contribution in [0.3, 0.4) is 0 Å². The van der Waals surface area contributed by atoms with E-state index in [9.17, 15) is 4.79 Å². The molecule has 0 saturated heterocycles. The van der Waals surface area contributed by atoms with Crippen LogP contribution in [-0.4, -0.2) is 12.6 Å². The van der Waals surface area contributed by atoms with E-state index < -0.39 is 5.97 Å². The first kappa shape index (κ1) is 26.8. The standard InChI is InChI=1S/C31H37ClO3/c1-3-5-7-8-10-22-34-28-18-14-24(15-19-28)25-16-20-29(21-17-25)35-31(33)27-13-12-26(30(32)23-27)11-9-6-4-2/h12-21,23H,3-11,22H2,1-2H3. The maximum atomic E-state index is 12.6. The van der Waals surface area contributed by atoms with Crippen LogP contribution in [0.2, 0.25) is 5.02 Å². The monoisotopic (exact) mass is 492 g/mol. The molecule has 0 saturated carbocycles. The predicted molar refractivity (Wildman–Crippen MR) is 146 cm³/mol. The highest BCUT2D eigenvalue weighted by Gasteiger charge is 2.12. The summed E-state index contributed by atoms with van der Waals surface area (Å²) in [4.78, 5) is 12.6. The minimum atomic E-state index is -0.407. The molecule has 0 atom stereocenters. The van der Waals surface area contributed by atoms with Gasteiger partial charge in [0.2, 0.25) is 0 Å². The minimum Gasteiger partial charge on any atom is -0.494 e. The Labute approximate surface area is 215 Å². The van der Waals surface area contributed by atoms with Gasteiger partial charge in [-0.3, -0.25) is 0 Å². The van der Waals surface area contributed by atoms with E-state index in [0.717, 1.165) is 48.3 Å². The molecular formula is C31H37ClO3. The van der Waals surface area contributed by atoms with Crippen LogP contribution >= 0.6 is 11.6 Å². The Hall–Kier alpha value is -2.78. The van der Waals surface area contributed by atoms with E-state index in [4.69, 9.17) is 21.1 Å². The molecule has 3 nitrogen and oxygen atoms in total. The molecule has 3 aromatic rings. The smallest absolute Gasteiger partial charge is 0.343 e. The zero-order chi connectivity index (χ0) is 24.9. The number of aryl methyl sites for hydroxylation is 1. The molecule has 0 unspecified atom stereocenters. The van der Waals surface area contributed by atoms with Crippen molar-refractivity contribution in [3.8, 4) is 22.6 Å². The lowest BCUT2D eigenvalue weighted by molar-refractivity contribution is 0.0734. The topological polar surface area (TPSA) is 35.5 Å². The van der Waals surface area contributed by atoms with E-state index in [0.29, 0.717) is 16.3 Å². The van der Waals surface area contributed by atoms with Crippen molar-refractivity contribution in [3.05, 3.63) is 82.9 Å². The zero-order valence-corrected chi connectivity index (χ0v) is 21.8. The van der Waals surface area contributed by atoms with Gasteiger partial charge in [0, 0.05) is 5.02 Å². The van der Waals surface area contributed by atoms with Crippen molar-refractivity contribution in [2.75, 3.05) is 6.61 Å². The molecule has 0 bridgehead atoms. The highest BCUT2D eigenvalue weighted by molar-refractivity contribution is 6.31. The number of carbonyl (C=O) groups is 1. The molecule has 0 amide bonds. The Kier molecular flexibility index (Phi) is 11.2. The number of hydrogen-bond acceptors (Lipinski definition) is 3. The number of halogens is 1. The van der Waals surface area contributed by atoms with Crippen LogP contribution in [0, 0.1) is 0 Å². The van der Waals surface area contributed by atoms with Crippen molar-refractivity contribution in [2.45, 2.75) is 71.6 Å². The second-order valence-corrected chi connectivity index (χ2v) is 9.37. The number of unbranched alkanes of at least 4 members (excludes halogenated alkanes) is 6. The minimum absolute atomic E-state index is 0.407. The SMILES string of the molecule is CCCCCCCOc1ccc(-c2ccc(OC(=O)c3ccc(CCCCC)c(Cl)c3)cc2)cc1. The molecule has 186 valence electrons. The van der Waals surface area contributed by atoms with Gasteiger partial charge >= 0.3 is 5.97 Å². The van der Waals surface area contributed by atoms with Gasteiger partial charge in [-0.05, 0) is 72.4 Å². The fourth-order valence-corrected chi connectivity index (χ4v) is 4.24. The van der Waals surface area contributed by atoms with E-state index in [2.05, 4.69) is 26.0 Å². The molecule has 0 N–H and O–H groups in total. The Balaban J connectivity index is 1.51. The number of ether oxygens (including phenoxy) is 2. The normalized spacial score (nSPS) is 10.8. The number of benzene rings is 3. The van der Waals surface area contributed by atoms with E-state index >= 15 is 0 Å². The summed E-state index contributed by atoms with van der Waals surface area (Å²) in [5.41, 5.74) is 3.67. The van der Waals surface area contributed by atoms with Crippen molar-refractivity contribution >= 4 is 17.6 Å². The van der Waals surface area contributed by atoms with Crippen molar-refractivity contribution in [1.82, 2.24) is 0 Å². The molecular weight excluding hydrogens is 456 g/mol. The molecule has 3 rings (SSSR count). The molecule has 4 heteroatoms. The molecule has 0 aliphatic heterocycles. The first-order valence-electron chi connectivity index (χ1n) is 12.9. The van der Waals surface area contributed by atoms with Crippen LogP contribution in [0.25, 0.3) is 11.1 Å². The summed E-state index contributed by atoms with van der Waals surface area (Å²) in [7, 11) is 0. The fourth-order valence-electron chi connectivity index (χ4n) is 3.96. The van der Waals surface area contributed by atoms with Crippen molar-refractivity contribution in [2.24, 2.45) is 0 Å². The van der Waals surface area contributed by atoms with Crippen LogP contribution in [0.4, 0.5) is 0 Å². The highest BCUT2D eigenvalue weighted by atomic mass is 35.5. The number of esters is 1. The average Bonchev–Trinajstić information content (AvgIpc) is 2.88. The molecule has 0 aromatic heterocycles. The molecule has 0 radical (unpaired) electrons. The van der Waals surface area contributed by atoms with Crippen LogP contribution in [0.5, 0.6) is 11.5 Å². The summed E-state index contributed by atoms with van der Waals surface area (Å²) in [6.07, 6.45) is 10.5. The maximum Gasteiger partial charge on any atom is 0.343 e. The zero-order valence-electron chi connectivity index (χ0n) is 21.0. The van der Waals surface area contributed by atoms with Gasteiger partial charge in [-0.2, -0.15) is 0 Å². The van der Waals surface area contributed by atoms with Gasteiger partial charge in [0.1, 0.15) is 11.5 Å². The lowest BCUT2D eigenvalue weighted by Gasteiger charge is -2.09. The van der Waals surface area contributed by atoms with Gasteiger partial charge < -0.3 is 9.47 Å². The third-order valence-corrected chi connectivity index (χ3v) is 6.46. The molecule has 0 heterocycles. The molecule has 35 heavy (non-hydrogen) atoms. The van der Waals surface area contributed by atoms with E-state index in [-0.39, 0.29) is 0 Å². The third kappa shape index (κ3) is 8.74. The highest BCUT2D eigenvalue weighted by Crippen LogP contribution is 2.26. The summed E-state index contributed by atoms with van der Waals surface area (Å²) in [6, 6.07) is 21.1. The molecule has 0 fully saturated rings. The van der Waals surface area contributed by atoms with Gasteiger partial charge in [-0.1, -0.05) is 94.3 Å². The lowest BCUT2D eigenvalue weighted by atomic mass is 10.0. The van der Waals surface area contributed by atoms with Crippen LogP contribution in [0.15, 0.2) is 66.7 Å². The number of carbonyl (C=O) groups excluding carboxylic acids is 1. The lowest BCUT2D eigenvalue weighted by Crippen LogP contribution is -2.08. The van der Waals surface area contributed by atoms with E-state index in [1.807, 2.05) is 42.5 Å². The van der Waals surface area contributed by atoms with Gasteiger partial charge in [-0.15, -0.1) is 0 Å². The third-order valence-electron chi connectivity index (χ3n) is 6.11. The first-order chi connectivity index (χ1) is 17.1. The maximum absolute atomic E-state index is 12.6. The van der Waals surface area contributed by atoms with Gasteiger partial charge in [0.25, 0.3) is 0 Å². The van der Waals surface area contributed by atoms with Gasteiger partial charge in [-0.25, -0.2) is 4.79 Å². The predicted octanol–water partition coefficient (Wildman–Crippen LogP) is 9.31. The second kappa shape index (κ2) is 14.6. The first-order valence-corrected chi connectivity index (χ1v) is 13.3. The van der Waals surface area contributed by atoms with Crippen molar-refractivity contribution in [1.29, 1.82) is 0 Å². The number of rotatable bonds is 14. The summed E-state index contributed by atoms with van der Waals surface area (Å²) in [5.74, 6) is 0.991. The average molecular weight is 493 g/mol. The van der Waals surface area contributed by atoms with E-state index in [1.165, 1.54) is 38.5 Å². The Morgan fingerprint density at radius 2 is 1.31 bits per heavy atom. The molecule has 0 aliphatic carbocycles. The second-order valence-electron chi connectivity index (χ2n) is 8.96. The molecule has 3 aromatic carbocycles. The number of hydrogen-bond donors (Lipinski definition) is 0. The molecule has 0 aliphatic rings. The van der Waals surface area contributed by atoms with Crippen molar-refractivity contribution in [3.63, 3.8) is 0 Å². The quantitative estimate of drug-likeness (QED) is 0.128. The summed E-state index contributed by atoms with van der Waals surface area (Å²) in [6.45, 7) is 5.16. The summed E-state index contributed by atoms with van der Waals surface area (Å²) in [5, 5.41) is 0.620. The fraction of sp³-hybridized carbons (Fsp3) is 0.387. The Bertz CT molecular complexity index is 1040. The van der Waals surface area contributed by atoms with E-state index in [1.54, 1.807) is 12.1 Å². The summed E-state index contributed by atoms with van der Waals surface area (Å²) >= 11 is 6.39. The van der Waals surface area contributed by atoms with Crippen LogP contribution in [0.1, 0.15) is 81.1 Å². The van der Waals surface area contributed by atoms with Crippen molar-refractivity contribution < 1.29 is 14.3 Å².